The molecule has 0 saturated carbocycles. The van der Waals surface area contributed by atoms with Crippen molar-refractivity contribution in [2.45, 2.75) is 45.2 Å². The van der Waals surface area contributed by atoms with Crippen LogP contribution in [-0.4, -0.2) is 63.0 Å². The summed E-state index contributed by atoms with van der Waals surface area (Å²) in [4.78, 5) is 28.7. The summed E-state index contributed by atoms with van der Waals surface area (Å²) in [5.41, 5.74) is 0. The summed E-state index contributed by atoms with van der Waals surface area (Å²) in [5, 5.41) is 0. The van der Waals surface area contributed by atoms with Gasteiger partial charge in [0, 0.05) is 35.9 Å². The fourth-order valence-corrected chi connectivity index (χ4v) is 3.79. The van der Waals surface area contributed by atoms with Gasteiger partial charge in [-0.25, -0.2) is 0 Å². The van der Waals surface area contributed by atoms with E-state index in [1.165, 1.54) is 0 Å². The molecule has 2 heterocycles. The topological polar surface area (TPSA) is 57.7 Å². The summed E-state index contributed by atoms with van der Waals surface area (Å²) < 4.78 is 11.2. The van der Waals surface area contributed by atoms with Crippen molar-refractivity contribution >= 4 is 22.6 Å². The molecule has 0 spiro atoms. The summed E-state index contributed by atoms with van der Waals surface area (Å²) in [6.45, 7) is 5.22. The number of carbonyl (C=O) groups excluding carboxylic acids is 2. The van der Waals surface area contributed by atoms with Gasteiger partial charge in [0.15, 0.2) is 0 Å². The van der Waals surface area contributed by atoms with Gasteiger partial charge in [-0.2, -0.15) is 0 Å². The highest BCUT2D eigenvalue weighted by Crippen LogP contribution is 2.29. The lowest BCUT2D eigenvalue weighted by Crippen LogP contribution is -2.64. The Kier molecular flexibility index (Phi) is 4.83. The van der Waals surface area contributed by atoms with Gasteiger partial charge in [0.05, 0.1) is 0 Å². The molecule has 5 nitrogen and oxygen atoms in total. The molecule has 6 heteroatoms. The summed E-state index contributed by atoms with van der Waals surface area (Å²) in [6, 6.07) is -0.591. The van der Waals surface area contributed by atoms with E-state index in [0.29, 0.717) is 25.3 Å². The second kappa shape index (κ2) is 6.24. The van der Waals surface area contributed by atoms with Crippen LogP contribution in [0.5, 0.6) is 0 Å². The Hall–Kier alpha value is -0.910. The number of nitrogens with zero attached hydrogens (tertiary/aromatic N) is 2. The summed E-state index contributed by atoms with van der Waals surface area (Å²) >= 11 is 0. The summed E-state index contributed by atoms with van der Waals surface area (Å²) in [7, 11) is -0.850. The number of hydrogen-bond acceptors (Lipinski definition) is 3. The minimum absolute atomic E-state index is 0.0858. The van der Waals surface area contributed by atoms with Crippen LogP contribution in [0.25, 0.3) is 0 Å². The minimum Gasteiger partial charge on any atom is -0.329 e. The number of piperazine rings is 1. The van der Waals surface area contributed by atoms with E-state index in [1.807, 2.05) is 13.8 Å². The molecular weight excluding hydrogens is 276 g/mol. The van der Waals surface area contributed by atoms with Gasteiger partial charge in [0.25, 0.3) is 0 Å². The molecule has 0 bridgehead atoms. The number of carbonyl (C=O) groups is 2. The Morgan fingerprint density at radius 1 is 1.30 bits per heavy atom. The van der Waals surface area contributed by atoms with Gasteiger partial charge in [-0.05, 0) is 25.2 Å². The zero-order valence-electron chi connectivity index (χ0n) is 12.5. The van der Waals surface area contributed by atoms with Gasteiger partial charge in [-0.1, -0.05) is 13.8 Å². The standard InChI is InChI=1S/C14H24N2O3S/c1-10(2)12-14(18)15-7-4-6-11(15)13(17)16(12)8-5-9-20(3)19/h10-12H,4-9H2,1-3H3. The van der Waals surface area contributed by atoms with E-state index in [1.54, 1.807) is 16.1 Å². The summed E-state index contributed by atoms with van der Waals surface area (Å²) in [5.74, 6) is 0.875. The number of fused-ring (bicyclic) bond motifs is 1. The fraction of sp³-hybridized carbons (Fsp3) is 0.857. The Morgan fingerprint density at radius 3 is 2.60 bits per heavy atom. The zero-order valence-corrected chi connectivity index (χ0v) is 13.3. The maximum Gasteiger partial charge on any atom is 0.246 e. The molecule has 0 radical (unpaired) electrons. The first-order valence-corrected chi connectivity index (χ1v) is 9.07. The van der Waals surface area contributed by atoms with E-state index in [-0.39, 0.29) is 29.8 Å². The lowest BCUT2D eigenvalue weighted by atomic mass is 9.96. The van der Waals surface area contributed by atoms with Crippen molar-refractivity contribution in [3.63, 3.8) is 0 Å². The van der Waals surface area contributed by atoms with Gasteiger partial charge in [0.2, 0.25) is 11.8 Å². The third-order valence-corrected chi connectivity index (χ3v) is 5.02. The SMILES string of the molecule is CC(C)C1C(=O)N2CCCC2C(=O)N1CCCS(C)=O. The van der Waals surface area contributed by atoms with Crippen LogP contribution in [-0.2, 0) is 20.4 Å². The van der Waals surface area contributed by atoms with Gasteiger partial charge >= 0.3 is 0 Å². The van der Waals surface area contributed by atoms with Crippen LogP contribution >= 0.6 is 0 Å². The fourth-order valence-electron chi connectivity index (χ4n) is 3.25. The molecular formula is C14H24N2O3S. The Bertz CT molecular complexity index is 425. The van der Waals surface area contributed by atoms with Crippen LogP contribution in [0.4, 0.5) is 0 Å². The molecule has 2 amide bonds. The van der Waals surface area contributed by atoms with Crippen molar-refractivity contribution in [1.82, 2.24) is 9.80 Å². The average Bonchev–Trinajstić information content (AvgIpc) is 2.84. The molecule has 0 aromatic carbocycles. The molecule has 2 saturated heterocycles. The molecule has 3 unspecified atom stereocenters. The second-order valence-electron chi connectivity index (χ2n) is 6.04. The third kappa shape index (κ3) is 2.90. The normalized spacial score (nSPS) is 28.2. The van der Waals surface area contributed by atoms with Crippen LogP contribution in [0.2, 0.25) is 0 Å². The molecule has 0 N–H and O–H groups in total. The van der Waals surface area contributed by atoms with Crippen molar-refractivity contribution in [2.75, 3.05) is 25.1 Å². The van der Waals surface area contributed by atoms with Crippen molar-refractivity contribution in [3.05, 3.63) is 0 Å². The molecule has 2 aliphatic heterocycles. The van der Waals surface area contributed by atoms with Gasteiger partial charge in [0.1, 0.15) is 12.1 Å². The molecule has 3 atom stereocenters. The molecule has 0 aromatic rings. The van der Waals surface area contributed by atoms with Crippen molar-refractivity contribution in [3.8, 4) is 0 Å². The predicted octanol–water partition coefficient (Wildman–Crippen LogP) is 0.613. The van der Waals surface area contributed by atoms with Crippen LogP contribution in [0.1, 0.15) is 33.1 Å². The molecule has 2 rings (SSSR count). The van der Waals surface area contributed by atoms with Crippen molar-refractivity contribution in [2.24, 2.45) is 5.92 Å². The van der Waals surface area contributed by atoms with Gasteiger partial charge < -0.3 is 9.80 Å². The molecule has 2 aliphatic rings. The highest BCUT2D eigenvalue weighted by Gasteiger charge is 2.48. The Morgan fingerprint density at radius 2 is 2.00 bits per heavy atom. The quantitative estimate of drug-likeness (QED) is 0.747. The number of amides is 2. The maximum atomic E-state index is 12.6. The lowest BCUT2D eigenvalue weighted by Gasteiger charge is -2.44. The van der Waals surface area contributed by atoms with Crippen LogP contribution in [0.15, 0.2) is 0 Å². The molecule has 114 valence electrons. The van der Waals surface area contributed by atoms with Crippen molar-refractivity contribution < 1.29 is 13.8 Å². The molecule has 2 fully saturated rings. The van der Waals surface area contributed by atoms with Gasteiger partial charge in [-0.3, -0.25) is 13.8 Å². The first-order valence-electron chi connectivity index (χ1n) is 7.34. The highest BCUT2D eigenvalue weighted by molar-refractivity contribution is 7.84. The lowest BCUT2D eigenvalue weighted by molar-refractivity contribution is -0.161. The first kappa shape index (κ1) is 15.5. The molecule has 0 aromatic heterocycles. The van der Waals surface area contributed by atoms with E-state index in [0.717, 1.165) is 12.8 Å². The van der Waals surface area contributed by atoms with E-state index < -0.39 is 10.8 Å². The molecule has 0 aliphatic carbocycles. The maximum absolute atomic E-state index is 12.6. The second-order valence-corrected chi connectivity index (χ2v) is 7.60. The molecule has 20 heavy (non-hydrogen) atoms. The van der Waals surface area contributed by atoms with Crippen LogP contribution < -0.4 is 0 Å². The van der Waals surface area contributed by atoms with E-state index >= 15 is 0 Å². The Balaban J connectivity index is 2.14. The monoisotopic (exact) mass is 300 g/mol. The van der Waals surface area contributed by atoms with E-state index in [4.69, 9.17) is 0 Å². The predicted molar refractivity (Wildman–Crippen MR) is 78.6 cm³/mol. The summed E-state index contributed by atoms with van der Waals surface area (Å²) in [6.07, 6.45) is 4.06. The van der Waals surface area contributed by atoms with E-state index in [2.05, 4.69) is 0 Å². The van der Waals surface area contributed by atoms with Crippen LogP contribution in [0, 0.1) is 5.92 Å². The Labute approximate surface area is 123 Å². The minimum atomic E-state index is -0.850. The van der Waals surface area contributed by atoms with Gasteiger partial charge in [-0.15, -0.1) is 0 Å². The van der Waals surface area contributed by atoms with Crippen LogP contribution in [0.3, 0.4) is 0 Å². The average molecular weight is 300 g/mol. The highest BCUT2D eigenvalue weighted by atomic mass is 32.2. The van der Waals surface area contributed by atoms with E-state index in [9.17, 15) is 13.8 Å². The van der Waals surface area contributed by atoms with Crippen molar-refractivity contribution in [1.29, 1.82) is 0 Å². The number of rotatable bonds is 5. The smallest absolute Gasteiger partial charge is 0.246 e. The zero-order chi connectivity index (χ0) is 14.9. The largest absolute Gasteiger partial charge is 0.329 e. The number of hydrogen-bond donors (Lipinski definition) is 0. The first-order chi connectivity index (χ1) is 9.43. The third-order valence-electron chi connectivity index (χ3n) is 4.16.